The maximum atomic E-state index is 12.5. The Morgan fingerprint density at radius 3 is 2.59 bits per heavy atom. The summed E-state index contributed by atoms with van der Waals surface area (Å²) < 4.78 is 11.2. The van der Waals surface area contributed by atoms with Crippen molar-refractivity contribution in [3.63, 3.8) is 0 Å². The Kier molecular flexibility index (Phi) is 7.03. The van der Waals surface area contributed by atoms with Crippen LogP contribution in [0.4, 0.5) is 0 Å². The third-order valence-electron chi connectivity index (χ3n) is 4.64. The van der Waals surface area contributed by atoms with Gasteiger partial charge >= 0.3 is 0 Å². The van der Waals surface area contributed by atoms with E-state index in [1.165, 1.54) is 7.11 Å². The van der Waals surface area contributed by atoms with E-state index < -0.39 is 0 Å². The number of carbonyl (C=O) groups excluding carboxylic acids is 1. The number of hydrogen-bond acceptors (Lipinski definition) is 4. The van der Waals surface area contributed by atoms with Gasteiger partial charge in [-0.05, 0) is 48.7 Å². The topological polar surface area (TPSA) is 62.6 Å². The van der Waals surface area contributed by atoms with Crippen molar-refractivity contribution in [1.82, 2.24) is 4.90 Å². The third-order valence-corrected chi connectivity index (χ3v) is 5.23. The smallest absolute Gasteiger partial charge is 0.264 e. The molecule has 1 fully saturated rings. The van der Waals surface area contributed by atoms with Crippen LogP contribution >= 0.6 is 23.2 Å². The number of nitriles is 1. The number of nitrogens with zero attached hydrogens (tertiary/aromatic N) is 2. The Bertz CT molecular complexity index is 977. The van der Waals surface area contributed by atoms with Gasteiger partial charge in [-0.1, -0.05) is 35.3 Å². The molecule has 0 radical (unpaired) electrons. The van der Waals surface area contributed by atoms with Crippen LogP contribution in [0.25, 0.3) is 6.08 Å². The highest BCUT2D eigenvalue weighted by Crippen LogP contribution is 2.31. The predicted molar refractivity (Wildman–Crippen MR) is 113 cm³/mol. The van der Waals surface area contributed by atoms with Crippen LogP contribution in [0.3, 0.4) is 0 Å². The Morgan fingerprint density at radius 1 is 1.17 bits per heavy atom. The molecular formula is C22H20Cl2N2O3. The zero-order chi connectivity index (χ0) is 20.8. The molecule has 0 atom stereocenters. The molecule has 1 amide bonds. The van der Waals surface area contributed by atoms with Crippen LogP contribution in [0.2, 0.25) is 10.0 Å². The molecule has 1 heterocycles. The van der Waals surface area contributed by atoms with Gasteiger partial charge in [-0.25, -0.2) is 0 Å². The van der Waals surface area contributed by atoms with Gasteiger partial charge in [0.1, 0.15) is 18.2 Å². The average Bonchev–Trinajstić information content (AvgIpc) is 3.26. The quantitative estimate of drug-likeness (QED) is 0.471. The second-order valence-electron chi connectivity index (χ2n) is 6.60. The SMILES string of the molecule is COc1cc(/C=C(/C#N)C(=O)N2CCCC2)ccc1OCc1ccc(Cl)cc1Cl. The minimum Gasteiger partial charge on any atom is -0.493 e. The minimum absolute atomic E-state index is 0.107. The second-order valence-corrected chi connectivity index (χ2v) is 7.45. The van der Waals surface area contributed by atoms with Crippen molar-refractivity contribution < 1.29 is 14.3 Å². The van der Waals surface area contributed by atoms with Gasteiger partial charge in [0.2, 0.25) is 0 Å². The fourth-order valence-electron chi connectivity index (χ4n) is 3.09. The second kappa shape index (κ2) is 9.69. The lowest BCUT2D eigenvalue weighted by molar-refractivity contribution is -0.125. The fourth-order valence-corrected chi connectivity index (χ4v) is 3.55. The molecule has 1 aliphatic rings. The molecule has 0 bridgehead atoms. The summed E-state index contributed by atoms with van der Waals surface area (Å²) in [6.45, 7) is 1.64. The molecule has 0 spiro atoms. The zero-order valence-electron chi connectivity index (χ0n) is 16.0. The monoisotopic (exact) mass is 430 g/mol. The van der Waals surface area contributed by atoms with Crippen LogP contribution < -0.4 is 9.47 Å². The number of benzene rings is 2. The van der Waals surface area contributed by atoms with E-state index in [9.17, 15) is 10.1 Å². The van der Waals surface area contributed by atoms with Gasteiger partial charge in [0.05, 0.1) is 7.11 Å². The van der Waals surface area contributed by atoms with Crippen LogP contribution in [-0.4, -0.2) is 31.0 Å². The van der Waals surface area contributed by atoms with Gasteiger partial charge in [-0.3, -0.25) is 4.79 Å². The number of carbonyl (C=O) groups is 1. The Hall–Kier alpha value is -2.68. The standard InChI is InChI=1S/C22H20Cl2N2O3/c1-28-21-11-15(10-17(13-25)22(27)26-8-2-3-9-26)4-7-20(21)29-14-16-5-6-18(23)12-19(16)24/h4-7,10-12H,2-3,8-9,14H2,1H3/b17-10-. The van der Waals surface area contributed by atoms with E-state index in [2.05, 4.69) is 0 Å². The maximum Gasteiger partial charge on any atom is 0.264 e. The molecule has 7 heteroatoms. The summed E-state index contributed by atoms with van der Waals surface area (Å²) in [5.41, 5.74) is 1.59. The van der Waals surface area contributed by atoms with Crippen molar-refractivity contribution in [2.45, 2.75) is 19.4 Å². The largest absolute Gasteiger partial charge is 0.493 e. The third kappa shape index (κ3) is 5.23. The molecule has 0 unspecified atom stereocenters. The van der Waals surface area contributed by atoms with Crippen molar-refractivity contribution in [2.24, 2.45) is 0 Å². The summed E-state index contributed by atoms with van der Waals surface area (Å²) >= 11 is 12.1. The lowest BCUT2D eigenvalue weighted by Gasteiger charge is -2.14. The summed E-state index contributed by atoms with van der Waals surface area (Å²) in [6.07, 6.45) is 3.52. The summed E-state index contributed by atoms with van der Waals surface area (Å²) in [7, 11) is 1.53. The molecule has 29 heavy (non-hydrogen) atoms. The highest BCUT2D eigenvalue weighted by molar-refractivity contribution is 6.35. The van der Waals surface area contributed by atoms with Crippen LogP contribution in [-0.2, 0) is 11.4 Å². The average molecular weight is 431 g/mol. The zero-order valence-corrected chi connectivity index (χ0v) is 17.5. The number of likely N-dealkylation sites (tertiary alicyclic amines) is 1. The summed E-state index contributed by atoms with van der Waals surface area (Å²) in [4.78, 5) is 14.2. The lowest BCUT2D eigenvalue weighted by atomic mass is 10.1. The minimum atomic E-state index is -0.235. The van der Waals surface area contributed by atoms with Gasteiger partial charge in [0.15, 0.2) is 11.5 Å². The van der Waals surface area contributed by atoms with Gasteiger partial charge in [0.25, 0.3) is 5.91 Å². The predicted octanol–water partition coefficient (Wildman–Crippen LogP) is 5.11. The number of rotatable bonds is 6. The summed E-state index contributed by atoms with van der Waals surface area (Å²) in [5, 5.41) is 10.5. The fraction of sp³-hybridized carbons (Fsp3) is 0.273. The van der Waals surface area contributed by atoms with E-state index >= 15 is 0 Å². The van der Waals surface area contributed by atoms with E-state index in [0.717, 1.165) is 18.4 Å². The highest BCUT2D eigenvalue weighted by Gasteiger charge is 2.21. The van der Waals surface area contributed by atoms with Crippen molar-refractivity contribution in [3.8, 4) is 17.6 Å². The van der Waals surface area contributed by atoms with Crippen LogP contribution in [0, 0.1) is 11.3 Å². The normalized spacial score (nSPS) is 13.9. The van der Waals surface area contributed by atoms with Crippen LogP contribution in [0.15, 0.2) is 42.0 Å². The molecule has 0 N–H and O–H groups in total. The van der Waals surface area contributed by atoms with Gasteiger partial charge < -0.3 is 14.4 Å². The van der Waals surface area contributed by atoms with E-state index in [1.54, 1.807) is 47.4 Å². The molecule has 5 nitrogen and oxygen atoms in total. The molecule has 2 aromatic carbocycles. The van der Waals surface area contributed by atoms with E-state index in [4.69, 9.17) is 32.7 Å². The first-order valence-electron chi connectivity index (χ1n) is 9.17. The number of halogens is 2. The molecule has 1 aliphatic heterocycles. The maximum absolute atomic E-state index is 12.5. The van der Waals surface area contributed by atoms with E-state index in [1.807, 2.05) is 6.07 Å². The number of ether oxygens (including phenoxy) is 2. The summed E-state index contributed by atoms with van der Waals surface area (Å²) in [5.74, 6) is 0.788. The number of hydrogen-bond donors (Lipinski definition) is 0. The van der Waals surface area contributed by atoms with Crippen molar-refractivity contribution in [1.29, 1.82) is 5.26 Å². The van der Waals surface area contributed by atoms with E-state index in [0.29, 0.717) is 40.2 Å². The van der Waals surface area contributed by atoms with Gasteiger partial charge in [0, 0.05) is 28.7 Å². The van der Waals surface area contributed by atoms with Crippen LogP contribution in [0.1, 0.15) is 24.0 Å². The molecule has 0 aromatic heterocycles. The van der Waals surface area contributed by atoms with Crippen molar-refractivity contribution in [3.05, 3.63) is 63.1 Å². The molecule has 2 aromatic rings. The molecule has 1 saturated heterocycles. The Labute approximate surface area is 180 Å². The Morgan fingerprint density at radius 2 is 1.93 bits per heavy atom. The lowest BCUT2D eigenvalue weighted by Crippen LogP contribution is -2.28. The molecular weight excluding hydrogens is 411 g/mol. The molecule has 0 saturated carbocycles. The number of amides is 1. The summed E-state index contributed by atoms with van der Waals surface area (Å²) in [6, 6.07) is 12.5. The first-order chi connectivity index (χ1) is 14.0. The highest BCUT2D eigenvalue weighted by atomic mass is 35.5. The van der Waals surface area contributed by atoms with Crippen molar-refractivity contribution in [2.75, 3.05) is 20.2 Å². The van der Waals surface area contributed by atoms with Gasteiger partial charge in [-0.15, -0.1) is 0 Å². The Balaban J connectivity index is 1.77. The first-order valence-corrected chi connectivity index (χ1v) is 9.93. The molecule has 0 aliphatic carbocycles. The van der Waals surface area contributed by atoms with Crippen molar-refractivity contribution >= 4 is 35.2 Å². The van der Waals surface area contributed by atoms with E-state index in [-0.39, 0.29) is 18.1 Å². The first kappa shape index (κ1) is 21.0. The molecule has 3 rings (SSSR count). The van der Waals surface area contributed by atoms with Crippen LogP contribution in [0.5, 0.6) is 11.5 Å². The molecule has 150 valence electrons. The van der Waals surface area contributed by atoms with Gasteiger partial charge in [-0.2, -0.15) is 5.26 Å². The number of methoxy groups -OCH3 is 1.